The highest BCUT2D eigenvalue weighted by Crippen LogP contribution is 2.16. The number of nitrogens with zero attached hydrogens (tertiary/aromatic N) is 4. The fourth-order valence-electron chi connectivity index (χ4n) is 1.70. The van der Waals surface area contributed by atoms with Gasteiger partial charge in [0, 0.05) is 13.1 Å². The van der Waals surface area contributed by atoms with Crippen molar-refractivity contribution in [2.45, 2.75) is 25.4 Å². The maximum absolute atomic E-state index is 11.8. The van der Waals surface area contributed by atoms with E-state index in [-0.39, 0.29) is 24.1 Å². The number of rotatable bonds is 7. The van der Waals surface area contributed by atoms with Gasteiger partial charge in [-0.15, -0.1) is 10.2 Å². The van der Waals surface area contributed by atoms with Gasteiger partial charge in [0.1, 0.15) is 18.0 Å². The third-order valence-electron chi connectivity index (χ3n) is 2.76. The van der Waals surface area contributed by atoms with Crippen molar-refractivity contribution in [3.8, 4) is 0 Å². The molecular weight excluding hydrogens is 322 g/mol. The summed E-state index contributed by atoms with van der Waals surface area (Å²) in [6.45, 7) is 3.80. The van der Waals surface area contributed by atoms with E-state index in [0.29, 0.717) is 29.2 Å². The average Bonchev–Trinajstić information content (AvgIpc) is 3.04. The summed E-state index contributed by atoms with van der Waals surface area (Å²) >= 11 is 1.21. The molecule has 1 N–H and O–H groups in total. The quantitative estimate of drug-likeness (QED) is 0.586. The van der Waals surface area contributed by atoms with Crippen LogP contribution >= 0.6 is 11.8 Å². The number of carbonyl (C=O) groups is 2. The lowest BCUT2D eigenvalue weighted by Gasteiger charge is -2.04. The van der Waals surface area contributed by atoms with Crippen LogP contribution in [-0.4, -0.2) is 44.2 Å². The molecule has 0 radical (unpaired) electrons. The highest BCUT2D eigenvalue weighted by atomic mass is 32.2. The Morgan fingerprint density at radius 3 is 2.87 bits per heavy atom. The maximum Gasteiger partial charge on any atom is 0.313 e. The minimum Gasteiger partial charge on any atom is -0.466 e. The number of carbonyl (C=O) groups excluding carboxylic acids is 2. The van der Waals surface area contributed by atoms with Crippen LogP contribution in [0.4, 0.5) is 5.82 Å². The number of thioether (sulfide) groups is 1. The molecule has 0 aliphatic rings. The zero-order valence-electron chi connectivity index (χ0n) is 13.0. The molecule has 0 unspecified atom stereocenters. The Morgan fingerprint density at radius 1 is 1.43 bits per heavy atom. The second-order valence-corrected chi connectivity index (χ2v) is 5.54. The van der Waals surface area contributed by atoms with Crippen LogP contribution in [0.1, 0.15) is 18.5 Å². The fourth-order valence-corrected chi connectivity index (χ4v) is 2.43. The first-order chi connectivity index (χ1) is 11.0. The van der Waals surface area contributed by atoms with E-state index in [1.165, 1.54) is 11.8 Å². The monoisotopic (exact) mass is 339 g/mol. The van der Waals surface area contributed by atoms with Crippen LogP contribution in [0.3, 0.4) is 0 Å². The van der Waals surface area contributed by atoms with Gasteiger partial charge in [0.05, 0.1) is 12.4 Å². The van der Waals surface area contributed by atoms with Crippen LogP contribution in [-0.2, 0) is 27.8 Å². The normalized spacial score (nSPS) is 10.6. The van der Waals surface area contributed by atoms with Crippen LogP contribution in [0.15, 0.2) is 15.7 Å². The van der Waals surface area contributed by atoms with E-state index in [1.807, 2.05) is 0 Å². The van der Waals surface area contributed by atoms with Crippen LogP contribution in [0.25, 0.3) is 0 Å². The number of aryl methyl sites for hydroxylation is 1. The molecule has 0 saturated carbocycles. The molecule has 0 fully saturated rings. The lowest BCUT2D eigenvalue weighted by Crippen LogP contribution is -2.15. The molecule has 0 aliphatic carbocycles. The van der Waals surface area contributed by atoms with Gasteiger partial charge in [0.2, 0.25) is 5.91 Å². The summed E-state index contributed by atoms with van der Waals surface area (Å²) in [5, 5.41) is 14.7. The Kier molecular flexibility index (Phi) is 5.74. The van der Waals surface area contributed by atoms with E-state index in [9.17, 15) is 9.59 Å². The van der Waals surface area contributed by atoms with E-state index < -0.39 is 0 Å². The molecule has 0 aromatic carbocycles. The number of nitrogens with one attached hydrogen (secondary N) is 1. The Morgan fingerprint density at radius 2 is 2.22 bits per heavy atom. The maximum atomic E-state index is 11.8. The summed E-state index contributed by atoms with van der Waals surface area (Å²) in [5.74, 6) is 1.01. The summed E-state index contributed by atoms with van der Waals surface area (Å²) in [6, 6.07) is 1.63. The van der Waals surface area contributed by atoms with Gasteiger partial charge < -0.3 is 19.1 Å². The van der Waals surface area contributed by atoms with Crippen molar-refractivity contribution in [2.24, 2.45) is 7.05 Å². The first kappa shape index (κ1) is 17.0. The van der Waals surface area contributed by atoms with E-state index in [4.69, 9.17) is 9.26 Å². The molecule has 9 nitrogen and oxygen atoms in total. The van der Waals surface area contributed by atoms with Crippen molar-refractivity contribution in [3.05, 3.63) is 17.7 Å². The van der Waals surface area contributed by atoms with E-state index in [1.54, 1.807) is 31.5 Å². The molecular formula is C13H17N5O4S. The van der Waals surface area contributed by atoms with Gasteiger partial charge >= 0.3 is 5.97 Å². The molecule has 2 aromatic heterocycles. The molecule has 124 valence electrons. The molecule has 2 aromatic rings. The first-order valence-corrected chi connectivity index (χ1v) is 7.88. The van der Waals surface area contributed by atoms with Crippen LogP contribution in [0.2, 0.25) is 0 Å². The van der Waals surface area contributed by atoms with Gasteiger partial charge in [-0.3, -0.25) is 9.59 Å². The van der Waals surface area contributed by atoms with Crippen molar-refractivity contribution in [2.75, 3.05) is 17.7 Å². The van der Waals surface area contributed by atoms with E-state index >= 15 is 0 Å². The van der Waals surface area contributed by atoms with Crippen molar-refractivity contribution in [3.63, 3.8) is 0 Å². The molecule has 0 aliphatic heterocycles. The predicted octanol–water partition coefficient (Wildman–Crippen LogP) is 0.948. The molecule has 0 atom stereocenters. The lowest BCUT2D eigenvalue weighted by molar-refractivity contribution is -0.142. The highest BCUT2D eigenvalue weighted by Gasteiger charge is 2.15. The zero-order valence-corrected chi connectivity index (χ0v) is 13.8. The van der Waals surface area contributed by atoms with Crippen molar-refractivity contribution < 1.29 is 18.8 Å². The van der Waals surface area contributed by atoms with Gasteiger partial charge in [-0.05, 0) is 13.8 Å². The Balaban J connectivity index is 1.87. The van der Waals surface area contributed by atoms with Gasteiger partial charge in [0.15, 0.2) is 11.0 Å². The van der Waals surface area contributed by atoms with Crippen molar-refractivity contribution in [1.82, 2.24) is 19.9 Å². The minimum atomic E-state index is -0.362. The van der Waals surface area contributed by atoms with E-state index in [0.717, 1.165) is 0 Å². The number of hydrogen-bond acceptors (Lipinski definition) is 8. The Labute approximate surface area is 136 Å². The fraction of sp³-hybridized carbons (Fsp3) is 0.462. The number of ether oxygens (including phenoxy) is 1. The molecule has 10 heteroatoms. The molecule has 0 spiro atoms. The van der Waals surface area contributed by atoms with Gasteiger partial charge in [-0.2, -0.15) is 0 Å². The summed E-state index contributed by atoms with van der Waals surface area (Å²) in [5.41, 5.74) is 0. The molecule has 23 heavy (non-hydrogen) atoms. The average molecular weight is 339 g/mol. The summed E-state index contributed by atoms with van der Waals surface area (Å²) in [7, 11) is 1.73. The van der Waals surface area contributed by atoms with Gasteiger partial charge in [-0.25, -0.2) is 0 Å². The van der Waals surface area contributed by atoms with Gasteiger partial charge in [0.25, 0.3) is 0 Å². The van der Waals surface area contributed by atoms with Crippen LogP contribution in [0.5, 0.6) is 0 Å². The zero-order chi connectivity index (χ0) is 16.8. The smallest absolute Gasteiger partial charge is 0.313 e. The largest absolute Gasteiger partial charge is 0.466 e. The summed E-state index contributed by atoms with van der Waals surface area (Å²) in [6.07, 6.45) is 0.0440. The van der Waals surface area contributed by atoms with Crippen LogP contribution in [0, 0.1) is 6.92 Å². The SMILES string of the molecule is CCOC(=O)Cc1nnc(SCC(=O)Nc2cc(C)on2)n1C. The summed E-state index contributed by atoms with van der Waals surface area (Å²) < 4.78 is 11.4. The number of amides is 1. The van der Waals surface area contributed by atoms with Crippen molar-refractivity contribution in [1.29, 1.82) is 0 Å². The first-order valence-electron chi connectivity index (χ1n) is 6.89. The Bertz CT molecular complexity index is 696. The Hall–Kier alpha value is -2.36. The number of esters is 1. The predicted molar refractivity (Wildman–Crippen MR) is 81.9 cm³/mol. The van der Waals surface area contributed by atoms with Gasteiger partial charge in [-0.1, -0.05) is 16.9 Å². The highest BCUT2D eigenvalue weighted by molar-refractivity contribution is 7.99. The molecule has 2 heterocycles. The second kappa shape index (κ2) is 7.77. The summed E-state index contributed by atoms with van der Waals surface area (Å²) in [4.78, 5) is 23.3. The van der Waals surface area contributed by atoms with Crippen LogP contribution < -0.4 is 5.32 Å². The molecule has 0 saturated heterocycles. The number of hydrogen-bond donors (Lipinski definition) is 1. The third-order valence-corrected chi connectivity index (χ3v) is 3.78. The third kappa shape index (κ3) is 4.81. The minimum absolute atomic E-state index is 0.0440. The number of aromatic nitrogens is 4. The van der Waals surface area contributed by atoms with Crippen molar-refractivity contribution >= 4 is 29.5 Å². The molecule has 2 rings (SSSR count). The second-order valence-electron chi connectivity index (χ2n) is 4.60. The standard InChI is InChI=1S/C13H17N5O4S/c1-4-21-12(20)6-10-15-16-13(18(10)3)23-7-11(19)14-9-5-8(2)22-17-9/h5H,4,6-7H2,1-3H3,(H,14,17,19). The molecule has 1 amide bonds. The number of anilines is 1. The van der Waals surface area contributed by atoms with E-state index in [2.05, 4.69) is 20.7 Å². The lowest BCUT2D eigenvalue weighted by atomic mass is 10.4. The molecule has 0 bridgehead atoms. The topological polar surface area (TPSA) is 112 Å².